The SMILES string of the molecule is CC(C)(C)OC(=O)CC1NNC(=O)c2nccnc21. The molecular weight excluding hydrogens is 248 g/mol. The van der Waals surface area contributed by atoms with Gasteiger partial charge in [-0.3, -0.25) is 20.0 Å². The number of hydrazine groups is 1. The van der Waals surface area contributed by atoms with Gasteiger partial charge in [0.05, 0.1) is 18.2 Å². The van der Waals surface area contributed by atoms with E-state index in [1.54, 1.807) is 20.8 Å². The first-order valence-corrected chi connectivity index (χ1v) is 5.95. The highest BCUT2D eigenvalue weighted by Gasteiger charge is 2.30. The van der Waals surface area contributed by atoms with E-state index in [-0.39, 0.29) is 24.0 Å². The van der Waals surface area contributed by atoms with Gasteiger partial charge in [0.15, 0.2) is 5.69 Å². The average molecular weight is 264 g/mol. The van der Waals surface area contributed by atoms with E-state index in [1.165, 1.54) is 12.4 Å². The number of carbonyl (C=O) groups excluding carboxylic acids is 2. The van der Waals surface area contributed by atoms with Crippen LogP contribution in [0.15, 0.2) is 12.4 Å². The van der Waals surface area contributed by atoms with Crippen LogP contribution in [-0.2, 0) is 9.53 Å². The Bertz CT molecular complexity index is 510. The molecule has 0 aliphatic carbocycles. The molecule has 1 aliphatic heterocycles. The highest BCUT2D eigenvalue weighted by atomic mass is 16.6. The normalized spacial score (nSPS) is 18.5. The lowest BCUT2D eigenvalue weighted by atomic mass is 10.1. The average Bonchev–Trinajstić information content (AvgIpc) is 2.31. The van der Waals surface area contributed by atoms with Gasteiger partial charge >= 0.3 is 5.97 Å². The minimum atomic E-state index is -0.541. The second kappa shape index (κ2) is 4.93. The van der Waals surface area contributed by atoms with Crippen molar-refractivity contribution in [2.45, 2.75) is 38.8 Å². The molecule has 0 fully saturated rings. The van der Waals surface area contributed by atoms with Crippen LogP contribution in [0.2, 0.25) is 0 Å². The van der Waals surface area contributed by atoms with Gasteiger partial charge in [0.2, 0.25) is 0 Å². The summed E-state index contributed by atoms with van der Waals surface area (Å²) in [7, 11) is 0. The van der Waals surface area contributed by atoms with Crippen LogP contribution < -0.4 is 10.9 Å². The number of nitrogens with one attached hydrogen (secondary N) is 2. The summed E-state index contributed by atoms with van der Waals surface area (Å²) in [5.41, 5.74) is 5.34. The number of aromatic nitrogens is 2. The first-order valence-electron chi connectivity index (χ1n) is 5.95. The summed E-state index contributed by atoms with van der Waals surface area (Å²) in [6.07, 6.45) is 3.00. The maximum Gasteiger partial charge on any atom is 0.308 e. The number of ether oxygens (including phenoxy) is 1. The number of hydrogen-bond donors (Lipinski definition) is 2. The molecule has 2 heterocycles. The lowest BCUT2D eigenvalue weighted by molar-refractivity contribution is -0.155. The molecule has 0 bridgehead atoms. The molecule has 1 amide bonds. The van der Waals surface area contributed by atoms with Gasteiger partial charge in [0.25, 0.3) is 5.91 Å². The molecule has 0 saturated heterocycles. The quantitative estimate of drug-likeness (QED) is 0.755. The fraction of sp³-hybridized carbons (Fsp3) is 0.500. The molecule has 1 unspecified atom stereocenters. The Morgan fingerprint density at radius 2 is 2.05 bits per heavy atom. The largest absolute Gasteiger partial charge is 0.460 e. The summed E-state index contributed by atoms with van der Waals surface area (Å²) in [6.45, 7) is 5.40. The molecule has 2 N–H and O–H groups in total. The Balaban J connectivity index is 2.13. The van der Waals surface area contributed by atoms with Gasteiger partial charge in [0, 0.05) is 12.4 Å². The molecule has 102 valence electrons. The van der Waals surface area contributed by atoms with E-state index in [0.717, 1.165) is 0 Å². The second-order valence-corrected chi connectivity index (χ2v) is 5.23. The zero-order chi connectivity index (χ0) is 14.0. The number of carbonyl (C=O) groups is 2. The summed E-state index contributed by atoms with van der Waals surface area (Å²) in [5, 5.41) is 0. The smallest absolute Gasteiger partial charge is 0.308 e. The molecule has 0 spiro atoms. The van der Waals surface area contributed by atoms with Crippen molar-refractivity contribution >= 4 is 11.9 Å². The maximum absolute atomic E-state index is 11.8. The lowest BCUT2D eigenvalue weighted by Gasteiger charge is -2.26. The number of fused-ring (bicyclic) bond motifs is 1. The van der Waals surface area contributed by atoms with Crippen LogP contribution in [-0.4, -0.2) is 27.4 Å². The summed E-state index contributed by atoms with van der Waals surface area (Å²) < 4.78 is 5.24. The van der Waals surface area contributed by atoms with Gasteiger partial charge < -0.3 is 4.74 Å². The van der Waals surface area contributed by atoms with Crippen LogP contribution in [0.3, 0.4) is 0 Å². The Hall–Kier alpha value is -2.02. The Morgan fingerprint density at radius 3 is 2.74 bits per heavy atom. The molecule has 1 atom stereocenters. The number of esters is 1. The third-order valence-corrected chi connectivity index (χ3v) is 2.42. The predicted octanol–water partition coefficient (Wildman–Crippen LogP) is 0.497. The number of nitrogens with zero attached hydrogens (tertiary/aromatic N) is 2. The minimum Gasteiger partial charge on any atom is -0.460 e. The first kappa shape index (κ1) is 13.4. The van der Waals surface area contributed by atoms with Crippen LogP contribution in [0.5, 0.6) is 0 Å². The molecule has 19 heavy (non-hydrogen) atoms. The van der Waals surface area contributed by atoms with Crippen LogP contribution in [0, 0.1) is 0 Å². The van der Waals surface area contributed by atoms with Crippen molar-refractivity contribution in [1.29, 1.82) is 0 Å². The van der Waals surface area contributed by atoms with Crippen LogP contribution in [0.1, 0.15) is 49.4 Å². The predicted molar refractivity (Wildman–Crippen MR) is 65.8 cm³/mol. The number of amides is 1. The van der Waals surface area contributed by atoms with Crippen molar-refractivity contribution in [2.75, 3.05) is 0 Å². The third-order valence-electron chi connectivity index (χ3n) is 2.42. The number of hydrogen-bond acceptors (Lipinski definition) is 6. The Labute approximate surface area is 110 Å². The van der Waals surface area contributed by atoms with E-state index in [1.807, 2.05) is 0 Å². The van der Waals surface area contributed by atoms with Crippen LogP contribution in [0.25, 0.3) is 0 Å². The van der Waals surface area contributed by atoms with Crippen LogP contribution >= 0.6 is 0 Å². The first-order chi connectivity index (χ1) is 8.87. The van der Waals surface area contributed by atoms with Gasteiger partial charge in [0.1, 0.15) is 5.60 Å². The topological polar surface area (TPSA) is 93.2 Å². The summed E-state index contributed by atoms with van der Waals surface area (Å²) in [6, 6.07) is -0.434. The van der Waals surface area contributed by atoms with Crippen molar-refractivity contribution in [3.8, 4) is 0 Å². The molecule has 7 nitrogen and oxygen atoms in total. The summed E-state index contributed by atoms with van der Waals surface area (Å²) in [5.74, 6) is -0.721. The highest BCUT2D eigenvalue weighted by molar-refractivity contribution is 5.94. The van der Waals surface area contributed by atoms with E-state index in [2.05, 4.69) is 20.8 Å². The standard InChI is InChI=1S/C12H16N4O3/c1-12(2,3)19-8(17)6-7-9-10(11(18)16-15-7)14-5-4-13-9/h4-5,7,15H,6H2,1-3H3,(H,16,18). The van der Waals surface area contributed by atoms with Gasteiger partial charge in [-0.15, -0.1) is 0 Å². The van der Waals surface area contributed by atoms with Crippen LogP contribution in [0.4, 0.5) is 0 Å². The molecule has 1 aromatic heterocycles. The maximum atomic E-state index is 11.8. The van der Waals surface area contributed by atoms with Gasteiger partial charge in [-0.1, -0.05) is 0 Å². The van der Waals surface area contributed by atoms with E-state index in [4.69, 9.17) is 4.74 Å². The lowest BCUT2D eigenvalue weighted by Crippen LogP contribution is -2.47. The van der Waals surface area contributed by atoms with E-state index in [9.17, 15) is 9.59 Å². The summed E-state index contributed by atoms with van der Waals surface area (Å²) >= 11 is 0. The van der Waals surface area contributed by atoms with Crippen molar-refractivity contribution in [1.82, 2.24) is 20.8 Å². The fourth-order valence-corrected chi connectivity index (χ4v) is 1.76. The zero-order valence-electron chi connectivity index (χ0n) is 11.1. The summed E-state index contributed by atoms with van der Waals surface area (Å²) in [4.78, 5) is 31.4. The van der Waals surface area contributed by atoms with Crippen molar-refractivity contribution in [3.05, 3.63) is 23.8 Å². The number of rotatable bonds is 2. The molecular formula is C12H16N4O3. The molecule has 1 aromatic rings. The van der Waals surface area contributed by atoms with Gasteiger partial charge in [-0.05, 0) is 20.8 Å². The van der Waals surface area contributed by atoms with Crippen molar-refractivity contribution in [3.63, 3.8) is 0 Å². The monoisotopic (exact) mass is 264 g/mol. The third kappa shape index (κ3) is 3.25. The zero-order valence-corrected chi connectivity index (χ0v) is 11.1. The molecule has 0 radical (unpaired) electrons. The van der Waals surface area contributed by atoms with Gasteiger partial charge in [-0.2, -0.15) is 0 Å². The molecule has 0 aromatic carbocycles. The molecule has 2 rings (SSSR count). The second-order valence-electron chi connectivity index (χ2n) is 5.23. The Morgan fingerprint density at radius 1 is 1.37 bits per heavy atom. The molecule has 7 heteroatoms. The molecule has 1 aliphatic rings. The van der Waals surface area contributed by atoms with Crippen molar-refractivity contribution < 1.29 is 14.3 Å². The fourth-order valence-electron chi connectivity index (χ4n) is 1.76. The minimum absolute atomic E-state index is 0.0727. The molecule has 0 saturated carbocycles. The van der Waals surface area contributed by atoms with Gasteiger partial charge in [-0.25, -0.2) is 10.4 Å². The van der Waals surface area contributed by atoms with E-state index in [0.29, 0.717) is 5.69 Å². The van der Waals surface area contributed by atoms with E-state index < -0.39 is 11.6 Å². The van der Waals surface area contributed by atoms with E-state index >= 15 is 0 Å². The Kier molecular flexibility index (Phi) is 3.48. The van der Waals surface area contributed by atoms with Crippen molar-refractivity contribution in [2.24, 2.45) is 0 Å². The highest BCUT2D eigenvalue weighted by Crippen LogP contribution is 2.21.